The molecule has 5 atom stereocenters. The second-order valence-electron chi connectivity index (χ2n) is 17.6. The normalized spacial score (nSPS) is 18.2. The van der Waals surface area contributed by atoms with E-state index in [9.17, 15) is 9.59 Å². The third-order valence-corrected chi connectivity index (χ3v) is 10.8. The molecule has 0 saturated heterocycles. The second kappa shape index (κ2) is 15.2. The van der Waals surface area contributed by atoms with E-state index >= 15 is 0 Å². The summed E-state index contributed by atoms with van der Waals surface area (Å²) in [6.45, 7) is 17.5. The SMILES string of the molecule is CC(NC(=O)OC(C)(C)C)[C@H](C)CCc1nc2ccc(-c3ccc4nc(-c5ccc6nc(CCC7C(NC(=O)OC(C)(C)C)[C@@H]7C)[nH]c6c5)ccc4c3)cc2[nH]1. The Morgan fingerprint density at radius 2 is 1.29 bits per heavy atom. The van der Waals surface area contributed by atoms with Gasteiger partial charge in [-0.15, -0.1) is 0 Å². The van der Waals surface area contributed by atoms with Gasteiger partial charge in [0.1, 0.15) is 22.9 Å². The van der Waals surface area contributed by atoms with Crippen LogP contribution in [0.25, 0.3) is 55.4 Å². The fourth-order valence-corrected chi connectivity index (χ4v) is 7.39. The molecule has 3 aromatic carbocycles. The molecule has 1 fully saturated rings. The standard InChI is InChI=1S/C45H55N7O4/c1-25(27(3)46-42(53)55-44(4,5)6)10-20-39-48-35-18-12-29(23-37(35)50-39)28-11-16-33-30(22-28)13-17-34(47-33)31-14-19-36-38(24-31)51-40(49-36)21-15-32-26(2)41(32)52-43(54)56-45(7,8)9/h11-14,16-19,22-27,32,41H,10,15,20-21H2,1-9H3,(H,46,53)(H,48,50)(H,49,51)(H,52,54)/t25-,26-,27?,32?,41?/m1/s1. The van der Waals surface area contributed by atoms with Crippen molar-refractivity contribution in [1.82, 2.24) is 35.6 Å². The molecule has 0 radical (unpaired) electrons. The fraction of sp³-hybridized carbons (Fsp3) is 0.444. The molecule has 0 aliphatic heterocycles. The van der Waals surface area contributed by atoms with Gasteiger partial charge in [-0.2, -0.15) is 0 Å². The minimum Gasteiger partial charge on any atom is -0.444 e. The number of aromatic nitrogens is 5. The van der Waals surface area contributed by atoms with Crippen LogP contribution in [0.5, 0.6) is 0 Å². The zero-order valence-electron chi connectivity index (χ0n) is 34.0. The number of nitrogens with zero attached hydrogens (tertiary/aromatic N) is 3. The van der Waals surface area contributed by atoms with E-state index in [1.165, 1.54) is 0 Å². The molecule has 4 N–H and O–H groups in total. The van der Waals surface area contributed by atoms with Crippen LogP contribution in [0, 0.1) is 17.8 Å². The first-order valence-corrected chi connectivity index (χ1v) is 19.9. The number of ether oxygens (including phenoxy) is 2. The molecule has 1 aliphatic rings. The molecule has 2 amide bonds. The number of amides is 2. The first-order valence-electron chi connectivity index (χ1n) is 19.9. The molecular weight excluding hydrogens is 703 g/mol. The lowest BCUT2D eigenvalue weighted by Gasteiger charge is -2.24. The number of aryl methyl sites for hydroxylation is 2. The van der Waals surface area contributed by atoms with Crippen molar-refractivity contribution >= 4 is 45.2 Å². The van der Waals surface area contributed by atoms with Crippen LogP contribution in [0.15, 0.2) is 66.7 Å². The van der Waals surface area contributed by atoms with Crippen molar-refractivity contribution < 1.29 is 19.1 Å². The van der Waals surface area contributed by atoms with Gasteiger partial charge in [0.15, 0.2) is 0 Å². The average Bonchev–Trinajstić information content (AvgIpc) is 3.42. The van der Waals surface area contributed by atoms with Crippen LogP contribution in [-0.2, 0) is 22.3 Å². The van der Waals surface area contributed by atoms with E-state index in [0.29, 0.717) is 11.8 Å². The molecular formula is C45H55N7O4. The van der Waals surface area contributed by atoms with Gasteiger partial charge in [0.2, 0.25) is 0 Å². The summed E-state index contributed by atoms with van der Waals surface area (Å²) in [7, 11) is 0. The second-order valence-corrected chi connectivity index (χ2v) is 17.6. The third kappa shape index (κ3) is 9.32. The number of aromatic amines is 2. The molecule has 7 rings (SSSR count). The number of alkyl carbamates (subject to hydrolysis) is 2. The Bertz CT molecular complexity index is 2230. The minimum absolute atomic E-state index is 0.0216. The van der Waals surface area contributed by atoms with E-state index in [0.717, 1.165) is 92.7 Å². The number of benzene rings is 3. The van der Waals surface area contributed by atoms with E-state index in [-0.39, 0.29) is 30.2 Å². The number of carbonyl (C=O) groups is 2. The molecule has 1 aliphatic carbocycles. The summed E-state index contributed by atoms with van der Waals surface area (Å²) in [5.74, 6) is 2.96. The van der Waals surface area contributed by atoms with Gasteiger partial charge in [-0.3, -0.25) is 0 Å². The maximum atomic E-state index is 12.2. The van der Waals surface area contributed by atoms with Crippen LogP contribution in [0.2, 0.25) is 0 Å². The van der Waals surface area contributed by atoms with Crippen molar-refractivity contribution in [3.05, 3.63) is 78.4 Å². The summed E-state index contributed by atoms with van der Waals surface area (Å²) in [4.78, 5) is 46.2. The van der Waals surface area contributed by atoms with Crippen LogP contribution >= 0.6 is 0 Å². The summed E-state index contributed by atoms with van der Waals surface area (Å²) in [5, 5.41) is 7.06. The summed E-state index contributed by atoms with van der Waals surface area (Å²) in [6.07, 6.45) is 2.67. The maximum Gasteiger partial charge on any atom is 0.407 e. The monoisotopic (exact) mass is 757 g/mol. The van der Waals surface area contributed by atoms with E-state index in [4.69, 9.17) is 24.4 Å². The lowest BCUT2D eigenvalue weighted by Crippen LogP contribution is -2.40. The highest BCUT2D eigenvalue weighted by Crippen LogP contribution is 2.42. The predicted molar refractivity (Wildman–Crippen MR) is 222 cm³/mol. The number of imidazole rings is 2. The van der Waals surface area contributed by atoms with Crippen molar-refractivity contribution in [3.63, 3.8) is 0 Å². The molecule has 6 aromatic rings. The molecule has 0 spiro atoms. The highest BCUT2D eigenvalue weighted by molar-refractivity contribution is 5.89. The zero-order chi connectivity index (χ0) is 39.9. The number of hydrogen-bond acceptors (Lipinski definition) is 7. The molecule has 294 valence electrons. The minimum atomic E-state index is -0.523. The number of fused-ring (bicyclic) bond motifs is 3. The highest BCUT2D eigenvalue weighted by Gasteiger charge is 2.47. The van der Waals surface area contributed by atoms with Crippen molar-refractivity contribution in [2.45, 2.75) is 111 Å². The van der Waals surface area contributed by atoms with Gasteiger partial charge in [-0.25, -0.2) is 24.5 Å². The topological polar surface area (TPSA) is 147 Å². The number of rotatable bonds is 11. The summed E-state index contributed by atoms with van der Waals surface area (Å²) in [6, 6.07) is 23.3. The van der Waals surface area contributed by atoms with Gasteiger partial charge in [-0.05, 0) is 133 Å². The number of carbonyl (C=O) groups excluding carboxylic acids is 2. The Hall–Kier alpha value is -5.45. The van der Waals surface area contributed by atoms with Gasteiger partial charge in [0.25, 0.3) is 0 Å². The Balaban J connectivity index is 0.969. The Morgan fingerprint density at radius 1 is 0.714 bits per heavy atom. The van der Waals surface area contributed by atoms with E-state index < -0.39 is 11.2 Å². The number of H-pyrrole nitrogens is 2. The van der Waals surface area contributed by atoms with E-state index in [2.05, 4.69) is 95.1 Å². The average molecular weight is 758 g/mol. The van der Waals surface area contributed by atoms with Crippen molar-refractivity contribution in [2.24, 2.45) is 17.8 Å². The molecule has 0 bridgehead atoms. The van der Waals surface area contributed by atoms with Gasteiger partial charge in [-0.1, -0.05) is 38.1 Å². The molecule has 11 heteroatoms. The lowest BCUT2D eigenvalue weighted by molar-refractivity contribution is 0.0488. The molecule has 3 heterocycles. The third-order valence-electron chi connectivity index (χ3n) is 10.8. The molecule has 3 aromatic heterocycles. The Morgan fingerprint density at radius 3 is 1.95 bits per heavy atom. The van der Waals surface area contributed by atoms with Crippen LogP contribution in [0.4, 0.5) is 9.59 Å². The Kier molecular flexibility index (Phi) is 10.6. The van der Waals surface area contributed by atoms with E-state index in [1.54, 1.807) is 0 Å². The van der Waals surface area contributed by atoms with Gasteiger partial charge in [0.05, 0.1) is 33.3 Å². The van der Waals surface area contributed by atoms with Crippen molar-refractivity contribution in [2.75, 3.05) is 0 Å². The first-order chi connectivity index (χ1) is 26.5. The van der Waals surface area contributed by atoms with Crippen LogP contribution in [-0.4, -0.2) is 60.4 Å². The van der Waals surface area contributed by atoms with Crippen LogP contribution in [0.1, 0.15) is 86.8 Å². The Labute approximate surface area is 328 Å². The maximum absolute atomic E-state index is 12.2. The predicted octanol–water partition coefficient (Wildman–Crippen LogP) is 9.90. The number of nitrogens with one attached hydrogen (secondary N) is 4. The number of pyridine rings is 1. The molecule has 1 saturated carbocycles. The van der Waals surface area contributed by atoms with Gasteiger partial charge < -0.3 is 30.1 Å². The highest BCUT2D eigenvalue weighted by atomic mass is 16.6. The summed E-state index contributed by atoms with van der Waals surface area (Å²) in [5.41, 5.74) is 7.89. The van der Waals surface area contributed by atoms with Crippen LogP contribution in [0.3, 0.4) is 0 Å². The van der Waals surface area contributed by atoms with Gasteiger partial charge >= 0.3 is 12.2 Å². The van der Waals surface area contributed by atoms with Crippen molar-refractivity contribution in [3.8, 4) is 22.4 Å². The number of hydrogen-bond donors (Lipinski definition) is 4. The van der Waals surface area contributed by atoms with Gasteiger partial charge in [0, 0.05) is 35.9 Å². The zero-order valence-corrected chi connectivity index (χ0v) is 34.0. The fourth-order valence-electron chi connectivity index (χ4n) is 7.39. The quantitative estimate of drug-likeness (QED) is 0.103. The van der Waals surface area contributed by atoms with Crippen molar-refractivity contribution in [1.29, 1.82) is 0 Å². The van der Waals surface area contributed by atoms with E-state index in [1.807, 2.05) is 54.5 Å². The summed E-state index contributed by atoms with van der Waals surface area (Å²) >= 11 is 0. The first kappa shape index (κ1) is 38.8. The smallest absolute Gasteiger partial charge is 0.407 e. The van der Waals surface area contributed by atoms with Crippen LogP contribution < -0.4 is 10.6 Å². The molecule has 56 heavy (non-hydrogen) atoms. The lowest BCUT2D eigenvalue weighted by atomic mass is 9.98. The summed E-state index contributed by atoms with van der Waals surface area (Å²) < 4.78 is 10.9. The molecule has 3 unspecified atom stereocenters. The largest absolute Gasteiger partial charge is 0.444 e. The molecule has 11 nitrogen and oxygen atoms in total.